The normalized spacial score (nSPS) is 14.4. The average Bonchev–Trinajstić information content (AvgIpc) is 3.32. The lowest BCUT2D eigenvalue weighted by molar-refractivity contribution is 0.0950. The highest BCUT2D eigenvalue weighted by atomic mass is 32.1. The molecular weight excluding hydrogens is 394 g/mol. The minimum Gasteiger partial charge on any atom is -0.487 e. The van der Waals surface area contributed by atoms with E-state index in [0.717, 1.165) is 17.8 Å². The summed E-state index contributed by atoms with van der Waals surface area (Å²) in [5.74, 6) is 0.559. The van der Waals surface area contributed by atoms with Crippen LogP contribution in [0.5, 0.6) is 5.75 Å². The molecule has 0 radical (unpaired) electrons. The molecule has 5 nitrogen and oxygen atoms in total. The number of likely N-dealkylation sites (tertiary alicyclic amines) is 1. The van der Waals surface area contributed by atoms with Gasteiger partial charge >= 0.3 is 0 Å². The Morgan fingerprint density at radius 1 is 1.07 bits per heavy atom. The first-order chi connectivity index (χ1) is 14.8. The number of piperidine rings is 1. The number of benzene rings is 2. The van der Waals surface area contributed by atoms with Crippen LogP contribution in [0.4, 0.5) is 0 Å². The number of hydrogen-bond acceptors (Lipinski definition) is 5. The van der Waals surface area contributed by atoms with Crippen LogP contribution in [-0.4, -0.2) is 28.9 Å². The Hall–Kier alpha value is -2.70. The predicted molar refractivity (Wildman–Crippen MR) is 120 cm³/mol. The third-order valence-corrected chi connectivity index (χ3v) is 5.93. The van der Waals surface area contributed by atoms with Crippen LogP contribution in [0.15, 0.2) is 59.4 Å². The van der Waals surface area contributed by atoms with Gasteiger partial charge < -0.3 is 10.1 Å². The minimum absolute atomic E-state index is 0.105. The molecule has 1 saturated heterocycles. The van der Waals surface area contributed by atoms with E-state index in [1.54, 1.807) is 17.6 Å². The monoisotopic (exact) mass is 421 g/mol. The standard InChI is InChI=1S/C24H27N3O2S/c28-24(21-5-4-6-23(13-21)29-16-22-17-30-18-26-22)25-14-19-7-9-20(10-8-19)15-27-11-2-1-3-12-27/h4-10,13,17-18H,1-3,11-12,14-16H2,(H,25,28). The second kappa shape index (κ2) is 10.4. The van der Waals surface area contributed by atoms with Crippen molar-refractivity contribution in [1.82, 2.24) is 15.2 Å². The van der Waals surface area contributed by atoms with Crippen molar-refractivity contribution in [1.29, 1.82) is 0 Å². The third-order valence-electron chi connectivity index (χ3n) is 5.30. The maximum atomic E-state index is 12.5. The van der Waals surface area contributed by atoms with Crippen LogP contribution < -0.4 is 10.1 Å². The third kappa shape index (κ3) is 5.90. The van der Waals surface area contributed by atoms with Crippen molar-refractivity contribution < 1.29 is 9.53 Å². The van der Waals surface area contributed by atoms with Gasteiger partial charge in [0.1, 0.15) is 12.4 Å². The van der Waals surface area contributed by atoms with Crippen molar-refractivity contribution in [3.05, 3.63) is 81.8 Å². The van der Waals surface area contributed by atoms with E-state index in [0.29, 0.717) is 24.5 Å². The van der Waals surface area contributed by atoms with E-state index >= 15 is 0 Å². The summed E-state index contributed by atoms with van der Waals surface area (Å²) < 4.78 is 5.74. The van der Waals surface area contributed by atoms with Crippen LogP contribution in [0, 0.1) is 0 Å². The van der Waals surface area contributed by atoms with Gasteiger partial charge in [0.25, 0.3) is 5.91 Å². The van der Waals surface area contributed by atoms with Gasteiger partial charge in [-0.2, -0.15) is 0 Å². The lowest BCUT2D eigenvalue weighted by atomic mass is 10.1. The van der Waals surface area contributed by atoms with Gasteiger partial charge in [0, 0.05) is 24.0 Å². The Kier molecular flexibility index (Phi) is 7.11. The summed E-state index contributed by atoms with van der Waals surface area (Å²) in [6.45, 7) is 4.32. The number of hydrogen-bond donors (Lipinski definition) is 1. The molecular formula is C24H27N3O2S. The zero-order valence-corrected chi connectivity index (χ0v) is 17.9. The molecule has 2 aromatic carbocycles. The molecule has 4 rings (SSSR count). The molecule has 1 amide bonds. The molecule has 1 aromatic heterocycles. The Labute approximate surface area is 181 Å². The highest BCUT2D eigenvalue weighted by molar-refractivity contribution is 7.07. The van der Waals surface area contributed by atoms with Crippen LogP contribution >= 0.6 is 11.3 Å². The second-order valence-corrected chi connectivity index (χ2v) is 8.35. The molecule has 0 aliphatic carbocycles. The predicted octanol–water partition coefficient (Wildman–Crippen LogP) is 4.64. The minimum atomic E-state index is -0.105. The van der Waals surface area contributed by atoms with E-state index in [-0.39, 0.29) is 5.91 Å². The fraction of sp³-hybridized carbons (Fsp3) is 0.333. The summed E-state index contributed by atoms with van der Waals surface area (Å²) >= 11 is 1.54. The van der Waals surface area contributed by atoms with Crippen LogP contribution in [-0.2, 0) is 19.7 Å². The van der Waals surface area contributed by atoms with E-state index in [9.17, 15) is 4.79 Å². The lowest BCUT2D eigenvalue weighted by Crippen LogP contribution is -2.29. The zero-order valence-electron chi connectivity index (χ0n) is 17.0. The van der Waals surface area contributed by atoms with Crippen molar-refractivity contribution in [3.8, 4) is 5.75 Å². The number of carbonyl (C=O) groups is 1. The molecule has 1 aliphatic heterocycles. The molecule has 1 aliphatic rings. The average molecular weight is 422 g/mol. The quantitative estimate of drug-likeness (QED) is 0.576. The van der Waals surface area contributed by atoms with Crippen LogP contribution in [0.2, 0.25) is 0 Å². The van der Waals surface area contributed by atoms with Crippen LogP contribution in [0.25, 0.3) is 0 Å². The van der Waals surface area contributed by atoms with Crippen molar-refractivity contribution in [2.24, 2.45) is 0 Å². The smallest absolute Gasteiger partial charge is 0.251 e. The van der Waals surface area contributed by atoms with Gasteiger partial charge in [-0.15, -0.1) is 11.3 Å². The number of carbonyl (C=O) groups excluding carboxylic acids is 1. The Bertz CT molecular complexity index is 935. The van der Waals surface area contributed by atoms with Crippen molar-refractivity contribution >= 4 is 17.2 Å². The highest BCUT2D eigenvalue weighted by Gasteiger charge is 2.11. The summed E-state index contributed by atoms with van der Waals surface area (Å²) in [7, 11) is 0. The van der Waals surface area contributed by atoms with Crippen molar-refractivity contribution in [2.75, 3.05) is 13.1 Å². The van der Waals surface area contributed by atoms with Gasteiger partial charge in [-0.05, 0) is 55.3 Å². The molecule has 156 valence electrons. The van der Waals surface area contributed by atoms with Gasteiger partial charge in [-0.25, -0.2) is 4.98 Å². The number of ether oxygens (including phenoxy) is 1. The highest BCUT2D eigenvalue weighted by Crippen LogP contribution is 2.16. The van der Waals surface area contributed by atoms with Crippen molar-refractivity contribution in [2.45, 2.75) is 39.0 Å². The molecule has 2 heterocycles. The van der Waals surface area contributed by atoms with Gasteiger partial charge in [-0.3, -0.25) is 9.69 Å². The molecule has 0 spiro atoms. The van der Waals surface area contributed by atoms with Gasteiger partial charge in [0.2, 0.25) is 0 Å². The first-order valence-electron chi connectivity index (χ1n) is 10.4. The van der Waals surface area contributed by atoms with E-state index in [2.05, 4.69) is 39.5 Å². The molecule has 30 heavy (non-hydrogen) atoms. The molecule has 0 saturated carbocycles. The molecule has 0 unspecified atom stereocenters. The van der Waals surface area contributed by atoms with Crippen molar-refractivity contribution in [3.63, 3.8) is 0 Å². The van der Waals surface area contributed by atoms with E-state index < -0.39 is 0 Å². The Morgan fingerprint density at radius 3 is 2.63 bits per heavy atom. The van der Waals surface area contributed by atoms with Crippen LogP contribution in [0.3, 0.4) is 0 Å². The summed E-state index contributed by atoms with van der Waals surface area (Å²) in [4.78, 5) is 19.3. The molecule has 0 atom stereocenters. The zero-order chi connectivity index (χ0) is 20.6. The number of aromatic nitrogens is 1. The fourth-order valence-electron chi connectivity index (χ4n) is 3.62. The molecule has 1 N–H and O–H groups in total. The van der Waals surface area contributed by atoms with Gasteiger partial charge in [0.05, 0.1) is 11.2 Å². The summed E-state index contributed by atoms with van der Waals surface area (Å²) in [6.07, 6.45) is 3.97. The van der Waals surface area contributed by atoms with E-state index in [1.807, 2.05) is 17.5 Å². The lowest BCUT2D eigenvalue weighted by Gasteiger charge is -2.26. The summed E-state index contributed by atoms with van der Waals surface area (Å²) in [6, 6.07) is 15.8. The SMILES string of the molecule is O=C(NCc1ccc(CN2CCCCC2)cc1)c1cccc(OCc2cscn2)c1. The number of nitrogens with zero attached hydrogens (tertiary/aromatic N) is 2. The number of rotatable bonds is 8. The molecule has 0 bridgehead atoms. The molecule has 3 aromatic rings. The first-order valence-corrected chi connectivity index (χ1v) is 11.4. The summed E-state index contributed by atoms with van der Waals surface area (Å²) in [5, 5.41) is 4.95. The molecule has 6 heteroatoms. The maximum absolute atomic E-state index is 12.5. The maximum Gasteiger partial charge on any atom is 0.251 e. The number of nitrogens with one attached hydrogen (secondary N) is 1. The second-order valence-electron chi connectivity index (χ2n) is 7.63. The first kappa shape index (κ1) is 20.6. The van der Waals surface area contributed by atoms with E-state index in [4.69, 9.17) is 4.74 Å². The summed E-state index contributed by atoms with van der Waals surface area (Å²) in [5.41, 5.74) is 5.69. The molecule has 1 fully saturated rings. The van der Waals surface area contributed by atoms with Gasteiger partial charge in [0.15, 0.2) is 0 Å². The topological polar surface area (TPSA) is 54.5 Å². The fourth-order valence-corrected chi connectivity index (χ4v) is 4.16. The van der Waals surface area contributed by atoms with E-state index in [1.165, 1.54) is 49.3 Å². The largest absolute Gasteiger partial charge is 0.487 e. The number of amides is 1. The number of thiazole rings is 1. The Balaban J connectivity index is 1.27. The van der Waals surface area contributed by atoms with Crippen LogP contribution in [0.1, 0.15) is 46.4 Å². The Morgan fingerprint density at radius 2 is 1.87 bits per heavy atom. The van der Waals surface area contributed by atoms with Gasteiger partial charge in [-0.1, -0.05) is 36.8 Å².